The Bertz CT molecular complexity index is 670. The number of halogens is 6. The van der Waals surface area contributed by atoms with Crippen molar-refractivity contribution in [2.24, 2.45) is 11.8 Å². The number of hydrogen-bond acceptors (Lipinski definition) is 5. The van der Waals surface area contributed by atoms with Crippen LogP contribution in [0.2, 0.25) is 0 Å². The summed E-state index contributed by atoms with van der Waals surface area (Å²) in [5, 5.41) is 0. The van der Waals surface area contributed by atoms with Gasteiger partial charge in [-0.15, -0.1) is 0 Å². The summed E-state index contributed by atoms with van der Waals surface area (Å²) in [6.45, 7) is 12.7. The minimum Gasteiger partial charge on any atom is -0.421 e. The van der Waals surface area contributed by atoms with E-state index >= 15 is 0 Å². The molecule has 1 aliphatic rings. The van der Waals surface area contributed by atoms with E-state index in [1.165, 1.54) is 13.1 Å². The zero-order valence-electron chi connectivity index (χ0n) is 15.5. The van der Waals surface area contributed by atoms with Gasteiger partial charge in [-0.05, 0) is 5.92 Å². The van der Waals surface area contributed by atoms with E-state index in [0.29, 0.717) is 0 Å². The Morgan fingerprint density at radius 2 is 1.36 bits per heavy atom. The molecule has 0 amide bonds. The van der Waals surface area contributed by atoms with Crippen molar-refractivity contribution in [2.75, 3.05) is 19.8 Å². The largest absolute Gasteiger partial charge is 0.480 e. The maximum atomic E-state index is 11.4. The van der Waals surface area contributed by atoms with E-state index in [2.05, 4.69) is 45.0 Å². The van der Waals surface area contributed by atoms with Gasteiger partial charge >= 0.3 is 11.0 Å². The molecule has 1 aliphatic heterocycles. The molecule has 0 aromatic rings. The molecular weight excluding hydrogens is 440 g/mol. The molecule has 0 radical (unpaired) electrons. The lowest BCUT2D eigenvalue weighted by Gasteiger charge is -2.22. The Hall–Kier alpha value is -1.06. The van der Waals surface area contributed by atoms with Crippen LogP contribution in [0, 0.1) is 11.8 Å². The summed E-state index contributed by atoms with van der Waals surface area (Å²) in [5.74, 6) is 1.56. The van der Waals surface area contributed by atoms with Gasteiger partial charge in [-0.1, -0.05) is 27.7 Å². The fourth-order valence-electron chi connectivity index (χ4n) is 2.04. The van der Waals surface area contributed by atoms with Crippen molar-refractivity contribution in [3.05, 3.63) is 16.5 Å². The molecule has 0 aliphatic carbocycles. The average molecular weight is 463 g/mol. The van der Waals surface area contributed by atoms with Crippen molar-refractivity contribution in [1.29, 1.82) is 0 Å². The Morgan fingerprint density at radius 3 is 1.68 bits per heavy atom. The first-order chi connectivity index (χ1) is 12.3. The Morgan fingerprint density at radius 1 is 0.929 bits per heavy atom. The lowest BCUT2D eigenvalue weighted by Crippen LogP contribution is -3.07. The highest BCUT2D eigenvalue weighted by atomic mass is 32.3. The highest BCUT2D eigenvalue weighted by molar-refractivity contribution is 8.13. The topological polar surface area (TPSA) is 90.1 Å². The molecule has 0 aromatic carbocycles. The predicted octanol–water partition coefficient (Wildman–Crippen LogP) is 1.99. The number of rotatable bonds is 6. The van der Waals surface area contributed by atoms with Crippen LogP contribution in [0.3, 0.4) is 0 Å². The van der Waals surface area contributed by atoms with Crippen LogP contribution in [-0.2, 0) is 20.0 Å². The summed E-state index contributed by atoms with van der Waals surface area (Å²) in [4.78, 5) is 4.01. The first-order valence-electron chi connectivity index (χ1n) is 7.92. The highest BCUT2D eigenvalue weighted by Crippen LogP contribution is 2.36. The van der Waals surface area contributed by atoms with Crippen molar-refractivity contribution in [2.45, 2.75) is 38.7 Å². The number of sulfonamides is 2. The molecular formula is C13H23F6N3O4S2. The van der Waals surface area contributed by atoms with Crippen LogP contribution in [-0.4, -0.2) is 52.5 Å². The molecule has 15 heteroatoms. The molecule has 0 fully saturated rings. The van der Waals surface area contributed by atoms with E-state index in [1.54, 1.807) is 4.90 Å². The SMILES string of the molecule is CC(C)CN1C=C[NH+](CC(C)C)C1.O=S(=O)([N-]S(=O)(=O)C(F)(F)F)C(F)(F)F. The molecule has 1 N–H and O–H groups in total. The van der Waals surface area contributed by atoms with Gasteiger partial charge in [0.15, 0.2) is 26.7 Å². The Kier molecular flexibility index (Phi) is 9.26. The molecule has 0 spiro atoms. The van der Waals surface area contributed by atoms with Crippen LogP contribution in [0.5, 0.6) is 0 Å². The summed E-state index contributed by atoms with van der Waals surface area (Å²) in [5.41, 5.74) is -12.4. The molecule has 0 bridgehead atoms. The van der Waals surface area contributed by atoms with Gasteiger partial charge in [0, 0.05) is 12.5 Å². The number of nitrogens with zero attached hydrogens (tertiary/aromatic N) is 2. The second kappa shape index (κ2) is 9.63. The van der Waals surface area contributed by atoms with Gasteiger partial charge in [-0.3, -0.25) is 4.90 Å². The van der Waals surface area contributed by atoms with Crippen LogP contribution < -0.4 is 4.90 Å². The van der Waals surface area contributed by atoms with Crippen molar-refractivity contribution in [3.63, 3.8) is 0 Å². The fourth-order valence-corrected chi connectivity index (χ4v) is 3.75. The van der Waals surface area contributed by atoms with E-state index in [0.717, 1.165) is 22.6 Å². The molecule has 1 rings (SSSR count). The van der Waals surface area contributed by atoms with E-state index < -0.39 is 31.1 Å². The first kappa shape index (κ1) is 26.9. The van der Waals surface area contributed by atoms with E-state index in [9.17, 15) is 43.2 Å². The second-order valence-corrected chi connectivity index (χ2v) is 10.2. The van der Waals surface area contributed by atoms with Crippen LogP contribution in [0.25, 0.3) is 4.13 Å². The van der Waals surface area contributed by atoms with Crippen molar-refractivity contribution in [3.8, 4) is 0 Å². The lowest BCUT2D eigenvalue weighted by atomic mass is 10.2. The minimum absolute atomic E-state index is 0.767. The predicted molar refractivity (Wildman–Crippen MR) is 89.5 cm³/mol. The number of nitrogens with one attached hydrogen (secondary N) is 1. The van der Waals surface area contributed by atoms with Gasteiger partial charge in [-0.25, -0.2) is 16.8 Å². The summed E-state index contributed by atoms with van der Waals surface area (Å²) in [6, 6.07) is 0. The summed E-state index contributed by atoms with van der Waals surface area (Å²) in [6.07, 6.45) is 4.54. The van der Waals surface area contributed by atoms with Crippen molar-refractivity contribution >= 4 is 20.0 Å². The van der Waals surface area contributed by atoms with Gasteiger partial charge in [-0.2, -0.15) is 26.3 Å². The van der Waals surface area contributed by atoms with Gasteiger partial charge in [0.25, 0.3) is 0 Å². The lowest BCUT2D eigenvalue weighted by molar-refractivity contribution is -0.852. The molecule has 0 aromatic heterocycles. The standard InChI is InChI=1S/C11H22N2.C2F6NO4S2/c1-10(2)7-12-5-6-13(9-12)8-11(3)4;3-1(4,5)14(10,11)9-15(12,13)2(6,7)8/h5-6,10-11H,7-9H2,1-4H3;/q;-1/p+1. The number of alkyl halides is 6. The zero-order chi connectivity index (χ0) is 22.6. The number of hydrogen-bond donors (Lipinski definition) is 1. The molecule has 1 unspecified atom stereocenters. The Balaban J connectivity index is 0.000000525. The number of quaternary nitrogens is 1. The van der Waals surface area contributed by atoms with E-state index in [4.69, 9.17) is 0 Å². The van der Waals surface area contributed by atoms with Crippen LogP contribution in [0.15, 0.2) is 12.4 Å². The third-order valence-corrected chi connectivity index (χ3v) is 5.72. The van der Waals surface area contributed by atoms with E-state index in [-0.39, 0.29) is 0 Å². The van der Waals surface area contributed by atoms with Crippen LogP contribution in [0.1, 0.15) is 27.7 Å². The third kappa shape index (κ3) is 8.96. The Labute approximate surface area is 160 Å². The summed E-state index contributed by atoms with van der Waals surface area (Å²) in [7, 11) is -13.4. The molecule has 168 valence electrons. The molecule has 1 atom stereocenters. The maximum Gasteiger partial charge on any atom is 0.480 e. The zero-order valence-corrected chi connectivity index (χ0v) is 17.2. The third-order valence-electron chi connectivity index (χ3n) is 2.98. The van der Waals surface area contributed by atoms with Gasteiger partial charge in [0.05, 0.1) is 12.7 Å². The summed E-state index contributed by atoms with van der Waals surface area (Å²) < 4.78 is 109. The fraction of sp³-hybridized carbons (Fsp3) is 0.846. The van der Waals surface area contributed by atoms with Gasteiger partial charge in [0.1, 0.15) is 6.20 Å². The molecule has 28 heavy (non-hydrogen) atoms. The quantitative estimate of drug-likeness (QED) is 0.609. The van der Waals surface area contributed by atoms with Crippen molar-refractivity contribution < 1.29 is 48.1 Å². The van der Waals surface area contributed by atoms with Crippen LogP contribution in [0.4, 0.5) is 26.3 Å². The van der Waals surface area contributed by atoms with Gasteiger partial charge in [0.2, 0.25) is 0 Å². The molecule has 0 saturated heterocycles. The normalized spacial score (nSPS) is 18.6. The monoisotopic (exact) mass is 463 g/mol. The summed E-state index contributed by atoms with van der Waals surface area (Å²) >= 11 is 0. The average Bonchev–Trinajstić information content (AvgIpc) is 2.80. The second-order valence-electron chi connectivity index (χ2n) is 6.81. The molecule has 1 heterocycles. The smallest absolute Gasteiger partial charge is 0.421 e. The highest BCUT2D eigenvalue weighted by Gasteiger charge is 2.46. The van der Waals surface area contributed by atoms with Crippen molar-refractivity contribution in [1.82, 2.24) is 4.90 Å². The van der Waals surface area contributed by atoms with Crippen LogP contribution >= 0.6 is 0 Å². The first-order valence-corrected chi connectivity index (χ1v) is 10.8. The minimum atomic E-state index is -6.72. The maximum absolute atomic E-state index is 11.4. The molecule has 7 nitrogen and oxygen atoms in total. The molecule has 0 saturated carbocycles. The van der Waals surface area contributed by atoms with E-state index in [1.807, 2.05) is 0 Å². The van der Waals surface area contributed by atoms with Gasteiger partial charge < -0.3 is 9.03 Å².